The van der Waals surface area contributed by atoms with Gasteiger partial charge in [0.2, 0.25) is 0 Å². The summed E-state index contributed by atoms with van der Waals surface area (Å²) in [6.07, 6.45) is 0. The van der Waals surface area contributed by atoms with Gasteiger partial charge >= 0.3 is 5.69 Å². The first-order valence-electron chi connectivity index (χ1n) is 8.59. The van der Waals surface area contributed by atoms with Crippen molar-refractivity contribution >= 4 is 32.9 Å². The Hall–Kier alpha value is -2.42. The van der Waals surface area contributed by atoms with Crippen LogP contribution in [0.5, 0.6) is 0 Å². The lowest BCUT2D eigenvalue weighted by atomic mass is 10.1. The van der Waals surface area contributed by atoms with Gasteiger partial charge in [0, 0.05) is 37.1 Å². The third-order valence-electron chi connectivity index (χ3n) is 4.90. The zero-order valence-electron chi connectivity index (χ0n) is 16.2. The van der Waals surface area contributed by atoms with E-state index in [1.54, 1.807) is 11.6 Å². The number of rotatable bonds is 4. The Kier molecular flexibility index (Phi) is 4.75. The Balaban J connectivity index is 2.15. The summed E-state index contributed by atoms with van der Waals surface area (Å²) >= 11 is 3.32. The van der Waals surface area contributed by atoms with Crippen LogP contribution in [0.3, 0.4) is 0 Å². The van der Waals surface area contributed by atoms with Crippen molar-refractivity contribution in [3.8, 4) is 0 Å². The molecule has 0 fully saturated rings. The third kappa shape index (κ3) is 2.90. The zero-order valence-corrected chi connectivity index (χ0v) is 17.8. The number of aromatic nitrogens is 5. The van der Waals surface area contributed by atoms with Gasteiger partial charge in [-0.1, -0.05) is 0 Å². The topological polar surface area (TPSA) is 83.8 Å². The summed E-state index contributed by atoms with van der Waals surface area (Å²) in [7, 11) is 2.97. The van der Waals surface area contributed by atoms with Crippen LogP contribution in [-0.2, 0) is 20.6 Å². The molecular formula is C18H22BrN5O3. The molecule has 0 saturated carbocycles. The highest BCUT2D eigenvalue weighted by molar-refractivity contribution is 9.10. The van der Waals surface area contributed by atoms with Crippen molar-refractivity contribution in [3.05, 3.63) is 48.6 Å². The van der Waals surface area contributed by atoms with E-state index in [4.69, 9.17) is 0 Å². The number of fused-ring (bicyclic) bond motifs is 1. The van der Waals surface area contributed by atoms with Crippen LogP contribution in [0.2, 0.25) is 0 Å². The maximum Gasteiger partial charge on any atom is 0.332 e. The number of ketones is 1. The van der Waals surface area contributed by atoms with Crippen LogP contribution in [0, 0.1) is 13.8 Å². The van der Waals surface area contributed by atoms with Crippen LogP contribution in [0.1, 0.15) is 41.6 Å². The summed E-state index contributed by atoms with van der Waals surface area (Å²) in [5.74, 6) is -0.108. The molecule has 0 bridgehead atoms. The Bertz CT molecular complexity index is 1190. The second-order valence-electron chi connectivity index (χ2n) is 7.02. The van der Waals surface area contributed by atoms with Crippen molar-refractivity contribution < 1.29 is 4.79 Å². The molecule has 0 atom stereocenters. The molecule has 27 heavy (non-hydrogen) atoms. The maximum absolute atomic E-state index is 13.0. The van der Waals surface area contributed by atoms with E-state index in [0.717, 1.165) is 16.0 Å². The molecule has 3 aromatic rings. The monoisotopic (exact) mass is 435 g/mol. The second kappa shape index (κ2) is 6.63. The molecule has 0 spiro atoms. The first-order chi connectivity index (χ1) is 12.6. The van der Waals surface area contributed by atoms with Crippen molar-refractivity contribution in [2.75, 3.05) is 0 Å². The maximum atomic E-state index is 13.0. The molecule has 3 heterocycles. The average Bonchev–Trinajstić information content (AvgIpc) is 3.08. The van der Waals surface area contributed by atoms with Gasteiger partial charge in [-0.2, -0.15) is 0 Å². The fraction of sp³-hybridized carbons (Fsp3) is 0.444. The van der Waals surface area contributed by atoms with E-state index in [1.807, 2.05) is 19.9 Å². The van der Waals surface area contributed by atoms with Crippen molar-refractivity contribution in [3.63, 3.8) is 0 Å². The lowest BCUT2D eigenvalue weighted by Crippen LogP contribution is -2.37. The Morgan fingerprint density at radius 1 is 1.19 bits per heavy atom. The molecule has 0 amide bonds. The first-order valence-corrected chi connectivity index (χ1v) is 9.38. The fourth-order valence-corrected chi connectivity index (χ4v) is 4.16. The molecule has 3 aromatic heterocycles. The van der Waals surface area contributed by atoms with E-state index in [1.165, 1.54) is 11.6 Å². The summed E-state index contributed by atoms with van der Waals surface area (Å²) in [6.45, 7) is 8.01. The number of carbonyl (C=O) groups excluding carboxylic acids is 1. The molecule has 8 nitrogen and oxygen atoms in total. The van der Waals surface area contributed by atoms with Gasteiger partial charge in [0.25, 0.3) is 5.56 Å². The van der Waals surface area contributed by atoms with E-state index in [2.05, 4.69) is 39.3 Å². The molecule has 0 N–H and O–H groups in total. The second-order valence-corrected chi connectivity index (χ2v) is 7.73. The van der Waals surface area contributed by atoms with Gasteiger partial charge < -0.3 is 4.57 Å². The van der Waals surface area contributed by atoms with Crippen LogP contribution in [0.4, 0.5) is 0 Å². The highest BCUT2D eigenvalue weighted by Gasteiger charge is 2.22. The lowest BCUT2D eigenvalue weighted by molar-refractivity contribution is 0.0971. The Morgan fingerprint density at radius 2 is 1.81 bits per heavy atom. The van der Waals surface area contributed by atoms with E-state index in [0.29, 0.717) is 15.9 Å². The van der Waals surface area contributed by atoms with Crippen molar-refractivity contribution in [2.24, 2.45) is 14.1 Å². The smallest absolute Gasteiger partial charge is 0.332 e. The predicted molar refractivity (Wildman–Crippen MR) is 107 cm³/mol. The van der Waals surface area contributed by atoms with Crippen molar-refractivity contribution in [1.82, 2.24) is 23.3 Å². The molecule has 9 heteroatoms. The molecule has 0 saturated heterocycles. The minimum atomic E-state index is -0.488. The number of hydrogen-bond acceptors (Lipinski definition) is 4. The summed E-state index contributed by atoms with van der Waals surface area (Å²) < 4.78 is 6.34. The molecule has 0 unspecified atom stereocenters. The van der Waals surface area contributed by atoms with Crippen molar-refractivity contribution in [1.29, 1.82) is 0 Å². The minimum absolute atomic E-state index is 0.0279. The fourth-order valence-electron chi connectivity index (χ4n) is 3.69. The molecule has 0 radical (unpaired) electrons. The molecule has 0 aliphatic carbocycles. The minimum Gasteiger partial charge on any atom is -0.346 e. The highest BCUT2D eigenvalue weighted by atomic mass is 79.9. The van der Waals surface area contributed by atoms with Crippen LogP contribution in [-0.4, -0.2) is 29.0 Å². The number of hydrogen-bond donors (Lipinski definition) is 0. The van der Waals surface area contributed by atoms with E-state index in [-0.39, 0.29) is 23.9 Å². The average molecular weight is 436 g/mol. The summed E-state index contributed by atoms with van der Waals surface area (Å²) in [5, 5.41) is 0. The largest absolute Gasteiger partial charge is 0.346 e. The van der Waals surface area contributed by atoms with Crippen LogP contribution >= 0.6 is 15.9 Å². The van der Waals surface area contributed by atoms with Crippen LogP contribution in [0.15, 0.2) is 20.4 Å². The lowest BCUT2D eigenvalue weighted by Gasteiger charge is -2.14. The summed E-state index contributed by atoms with van der Waals surface area (Å²) in [5.41, 5.74) is 2.06. The van der Waals surface area contributed by atoms with E-state index < -0.39 is 11.2 Å². The number of imidazole rings is 1. The van der Waals surface area contributed by atoms with Crippen LogP contribution < -0.4 is 11.2 Å². The Labute approximate surface area is 164 Å². The molecule has 3 rings (SSSR count). The Morgan fingerprint density at radius 3 is 2.37 bits per heavy atom. The SMILES string of the molecule is Cc1cc(C(=O)Cn2c(Br)nc3c(=O)n(C)c(=O)n(C)c32)c(C)n1C(C)C. The highest BCUT2D eigenvalue weighted by Crippen LogP contribution is 2.23. The standard InChI is InChI=1S/C18H22BrN5O3/c1-9(2)24-10(3)7-12(11(24)4)13(25)8-23-15-14(20-17(23)19)16(26)22(6)18(27)21(15)5/h7,9H,8H2,1-6H3. The van der Waals surface area contributed by atoms with E-state index >= 15 is 0 Å². The number of carbonyl (C=O) groups is 1. The van der Waals surface area contributed by atoms with Crippen LogP contribution in [0.25, 0.3) is 11.2 Å². The van der Waals surface area contributed by atoms with Crippen molar-refractivity contribution in [2.45, 2.75) is 40.3 Å². The first kappa shape index (κ1) is 19.3. The normalized spacial score (nSPS) is 11.7. The quantitative estimate of drug-likeness (QED) is 0.463. The zero-order chi connectivity index (χ0) is 20.2. The molecule has 0 aliphatic heterocycles. The molecule has 144 valence electrons. The number of aryl methyl sites for hydroxylation is 2. The summed E-state index contributed by atoms with van der Waals surface area (Å²) in [4.78, 5) is 41.9. The van der Waals surface area contributed by atoms with E-state index in [9.17, 15) is 14.4 Å². The van der Waals surface area contributed by atoms with Gasteiger partial charge in [-0.15, -0.1) is 0 Å². The summed E-state index contributed by atoms with van der Waals surface area (Å²) in [6, 6.07) is 2.12. The number of Topliss-reactive ketones (excluding diaryl/α,β-unsaturated/α-hetero) is 1. The van der Waals surface area contributed by atoms with Gasteiger partial charge in [0.05, 0.1) is 6.54 Å². The third-order valence-corrected chi connectivity index (χ3v) is 5.50. The van der Waals surface area contributed by atoms with Gasteiger partial charge in [-0.3, -0.25) is 23.3 Å². The van der Waals surface area contributed by atoms with Gasteiger partial charge in [-0.05, 0) is 49.7 Å². The van der Waals surface area contributed by atoms with Gasteiger partial charge in [-0.25, -0.2) is 9.78 Å². The predicted octanol–water partition coefficient (Wildman–Crippen LogP) is 2.08. The van der Waals surface area contributed by atoms with Gasteiger partial charge in [0.1, 0.15) is 0 Å². The molecular weight excluding hydrogens is 414 g/mol. The number of nitrogens with zero attached hydrogens (tertiary/aromatic N) is 5. The molecule has 0 aliphatic rings. The number of halogens is 1. The molecule has 0 aromatic carbocycles. The van der Waals surface area contributed by atoms with Gasteiger partial charge in [0.15, 0.2) is 21.7 Å².